The van der Waals surface area contributed by atoms with Gasteiger partial charge in [-0.05, 0) is 24.7 Å². The van der Waals surface area contributed by atoms with Crippen LogP contribution in [0.2, 0.25) is 0 Å². The second-order valence-corrected chi connectivity index (χ2v) is 4.85. The van der Waals surface area contributed by atoms with Gasteiger partial charge in [-0.2, -0.15) is 0 Å². The van der Waals surface area contributed by atoms with Crippen LogP contribution in [0.1, 0.15) is 30.7 Å². The van der Waals surface area contributed by atoms with Gasteiger partial charge in [0.05, 0.1) is 5.38 Å². The zero-order chi connectivity index (χ0) is 11.9. The first-order valence-electron chi connectivity index (χ1n) is 5.29. The minimum Gasteiger partial charge on any atom is -0.207 e. The summed E-state index contributed by atoms with van der Waals surface area (Å²) in [5, 5.41) is -0.729. The van der Waals surface area contributed by atoms with Gasteiger partial charge in [0.25, 0.3) is 0 Å². The molecule has 1 aromatic rings. The number of rotatable bonds is 3. The van der Waals surface area contributed by atoms with Crippen molar-refractivity contribution in [3.8, 4) is 0 Å². The molecule has 4 heteroatoms. The molecule has 0 saturated heterocycles. The lowest BCUT2D eigenvalue weighted by Crippen LogP contribution is -2.10. The topological polar surface area (TPSA) is 0 Å². The number of hydrogen-bond donors (Lipinski definition) is 0. The summed E-state index contributed by atoms with van der Waals surface area (Å²) in [5.74, 6) is -2.26. The van der Waals surface area contributed by atoms with E-state index in [-0.39, 0.29) is 11.5 Å². The maximum Gasteiger partial charge on any atom is 0.133 e. The summed E-state index contributed by atoms with van der Waals surface area (Å²) in [5.41, 5.74) is -0.206. The monoisotopic (exact) mass is 248 g/mol. The molecule has 1 fully saturated rings. The fourth-order valence-electron chi connectivity index (χ4n) is 1.94. The van der Waals surface area contributed by atoms with Crippen molar-refractivity contribution in [1.29, 1.82) is 0 Å². The molecule has 1 saturated carbocycles. The van der Waals surface area contributed by atoms with E-state index in [1.165, 1.54) is 0 Å². The van der Waals surface area contributed by atoms with E-state index in [0.717, 1.165) is 12.8 Å². The lowest BCUT2D eigenvalue weighted by atomic mass is 9.95. The Morgan fingerprint density at radius 3 is 2.12 bits per heavy atom. The standard InChI is InChI=1S/C12H12ClF3/c1-6(7-2-3-7)12(13)11-9(15)4-8(14)5-10(11)16/h4-7,12H,2-3H2,1H3. The normalized spacial score (nSPS) is 19.6. The molecule has 0 spiro atoms. The first kappa shape index (κ1) is 11.8. The average molecular weight is 249 g/mol. The van der Waals surface area contributed by atoms with Gasteiger partial charge in [-0.25, -0.2) is 13.2 Å². The van der Waals surface area contributed by atoms with Crippen LogP contribution in [0.3, 0.4) is 0 Å². The third-order valence-corrected chi connectivity index (χ3v) is 3.76. The van der Waals surface area contributed by atoms with Gasteiger partial charge in [0, 0.05) is 17.7 Å². The van der Waals surface area contributed by atoms with Gasteiger partial charge in [0.2, 0.25) is 0 Å². The summed E-state index contributed by atoms with van der Waals surface area (Å²) < 4.78 is 39.6. The molecule has 1 aliphatic rings. The smallest absolute Gasteiger partial charge is 0.133 e. The van der Waals surface area contributed by atoms with Gasteiger partial charge in [-0.3, -0.25) is 0 Å². The second-order valence-electron chi connectivity index (χ2n) is 4.38. The minimum atomic E-state index is -0.915. The zero-order valence-corrected chi connectivity index (χ0v) is 9.57. The minimum absolute atomic E-state index is 0.0103. The van der Waals surface area contributed by atoms with E-state index >= 15 is 0 Å². The van der Waals surface area contributed by atoms with E-state index < -0.39 is 22.8 Å². The van der Waals surface area contributed by atoms with Crippen LogP contribution in [-0.2, 0) is 0 Å². The van der Waals surface area contributed by atoms with Crippen LogP contribution in [0.5, 0.6) is 0 Å². The van der Waals surface area contributed by atoms with Crippen molar-refractivity contribution in [1.82, 2.24) is 0 Å². The van der Waals surface area contributed by atoms with Crippen LogP contribution in [0.25, 0.3) is 0 Å². The first-order chi connectivity index (χ1) is 7.50. The molecule has 0 aromatic heterocycles. The van der Waals surface area contributed by atoms with Crippen molar-refractivity contribution in [3.63, 3.8) is 0 Å². The Hall–Kier alpha value is -0.700. The van der Waals surface area contributed by atoms with E-state index in [2.05, 4.69) is 0 Å². The van der Waals surface area contributed by atoms with Gasteiger partial charge in [-0.15, -0.1) is 11.6 Å². The quantitative estimate of drug-likeness (QED) is 0.694. The van der Waals surface area contributed by atoms with Crippen molar-refractivity contribution < 1.29 is 13.2 Å². The average Bonchev–Trinajstić information content (AvgIpc) is 2.97. The summed E-state index contributed by atoms with van der Waals surface area (Å²) in [4.78, 5) is 0. The van der Waals surface area contributed by atoms with Crippen LogP contribution in [0.15, 0.2) is 12.1 Å². The van der Waals surface area contributed by atoms with Crippen molar-refractivity contribution >= 4 is 11.6 Å². The fourth-order valence-corrected chi connectivity index (χ4v) is 2.35. The van der Waals surface area contributed by atoms with Gasteiger partial charge in [0.15, 0.2) is 0 Å². The van der Waals surface area contributed by atoms with Crippen molar-refractivity contribution in [2.45, 2.75) is 25.1 Å². The number of hydrogen-bond acceptors (Lipinski definition) is 0. The number of benzene rings is 1. The molecule has 88 valence electrons. The molecule has 2 rings (SSSR count). The Morgan fingerprint density at radius 2 is 1.69 bits per heavy atom. The SMILES string of the molecule is CC(C1CC1)C(Cl)c1c(F)cc(F)cc1F. The molecule has 0 bridgehead atoms. The Bertz CT molecular complexity index is 378. The van der Waals surface area contributed by atoms with Crippen molar-refractivity contribution in [2.24, 2.45) is 11.8 Å². The molecule has 0 N–H and O–H groups in total. The van der Waals surface area contributed by atoms with Crippen LogP contribution in [0, 0.1) is 29.3 Å². The molecule has 0 heterocycles. The van der Waals surface area contributed by atoms with E-state index in [9.17, 15) is 13.2 Å². The highest BCUT2D eigenvalue weighted by molar-refractivity contribution is 6.21. The van der Waals surface area contributed by atoms with E-state index in [1.807, 2.05) is 6.92 Å². The Morgan fingerprint density at radius 1 is 1.19 bits per heavy atom. The lowest BCUT2D eigenvalue weighted by molar-refractivity contribution is 0.449. The summed E-state index contributed by atoms with van der Waals surface area (Å²) in [6.07, 6.45) is 2.10. The van der Waals surface area contributed by atoms with Gasteiger partial charge in [-0.1, -0.05) is 6.92 Å². The van der Waals surface area contributed by atoms with Crippen LogP contribution in [0.4, 0.5) is 13.2 Å². The molecule has 0 amide bonds. The van der Waals surface area contributed by atoms with Crippen LogP contribution < -0.4 is 0 Å². The predicted octanol–water partition coefficient (Wildman–Crippen LogP) is 4.43. The summed E-state index contributed by atoms with van der Waals surface area (Å²) in [7, 11) is 0. The Kier molecular flexibility index (Phi) is 3.15. The first-order valence-corrected chi connectivity index (χ1v) is 5.73. The largest absolute Gasteiger partial charge is 0.207 e. The maximum absolute atomic E-state index is 13.4. The van der Waals surface area contributed by atoms with Gasteiger partial charge < -0.3 is 0 Å². The van der Waals surface area contributed by atoms with Crippen LogP contribution >= 0.6 is 11.6 Å². The van der Waals surface area contributed by atoms with E-state index in [4.69, 9.17) is 11.6 Å². The molecule has 2 unspecified atom stereocenters. The highest BCUT2D eigenvalue weighted by atomic mass is 35.5. The molecule has 16 heavy (non-hydrogen) atoms. The molecule has 0 nitrogen and oxygen atoms in total. The second kappa shape index (κ2) is 4.28. The maximum atomic E-state index is 13.4. The Labute approximate surface area is 97.4 Å². The van der Waals surface area contributed by atoms with Crippen molar-refractivity contribution in [3.05, 3.63) is 35.1 Å². The van der Waals surface area contributed by atoms with Crippen molar-refractivity contribution in [2.75, 3.05) is 0 Å². The summed E-state index contributed by atoms with van der Waals surface area (Å²) in [6, 6.07) is 1.35. The highest BCUT2D eigenvalue weighted by Gasteiger charge is 2.35. The zero-order valence-electron chi connectivity index (χ0n) is 8.81. The van der Waals surface area contributed by atoms with Gasteiger partial charge >= 0.3 is 0 Å². The molecule has 0 aliphatic heterocycles. The molecule has 1 aliphatic carbocycles. The van der Waals surface area contributed by atoms with E-state index in [1.54, 1.807) is 0 Å². The van der Waals surface area contributed by atoms with Gasteiger partial charge in [0.1, 0.15) is 17.5 Å². The third-order valence-electron chi connectivity index (χ3n) is 3.15. The third kappa shape index (κ3) is 2.19. The lowest BCUT2D eigenvalue weighted by Gasteiger charge is -2.18. The molecule has 2 atom stereocenters. The van der Waals surface area contributed by atoms with Crippen LogP contribution in [-0.4, -0.2) is 0 Å². The molecular weight excluding hydrogens is 237 g/mol. The highest BCUT2D eigenvalue weighted by Crippen LogP contribution is 2.46. The molecular formula is C12H12ClF3. The summed E-state index contributed by atoms with van der Waals surface area (Å²) >= 11 is 6.05. The molecule has 0 radical (unpaired) electrons. The predicted molar refractivity (Wildman–Crippen MR) is 56.8 cm³/mol. The number of alkyl halides is 1. The molecule has 1 aromatic carbocycles. The number of halogens is 4. The van der Waals surface area contributed by atoms with E-state index in [0.29, 0.717) is 18.1 Å². The Balaban J connectivity index is 2.31. The fraction of sp³-hybridized carbons (Fsp3) is 0.500. The summed E-state index contributed by atoms with van der Waals surface area (Å²) in [6.45, 7) is 1.87.